The maximum atomic E-state index is 15.0. The van der Waals surface area contributed by atoms with Crippen molar-refractivity contribution in [3.63, 3.8) is 0 Å². The second-order valence-corrected chi connectivity index (χ2v) is 9.02. The molecule has 10 heteroatoms. The molecular weight excluding hydrogens is 496 g/mol. The number of ketones is 2. The van der Waals surface area contributed by atoms with Crippen molar-refractivity contribution in [2.45, 2.75) is 25.7 Å². The van der Waals surface area contributed by atoms with E-state index in [1.54, 1.807) is 12.1 Å². The molecule has 4 aromatic rings. The number of aromatic nitrogens is 3. The molecule has 0 radical (unpaired) electrons. The molecule has 5 rings (SSSR count). The van der Waals surface area contributed by atoms with E-state index in [0.717, 1.165) is 0 Å². The van der Waals surface area contributed by atoms with E-state index in [1.807, 2.05) is 0 Å². The van der Waals surface area contributed by atoms with Crippen LogP contribution in [0.4, 0.5) is 8.78 Å². The molecule has 1 fully saturated rings. The van der Waals surface area contributed by atoms with Crippen LogP contribution in [0, 0.1) is 17.0 Å². The fourth-order valence-corrected chi connectivity index (χ4v) is 4.29. The van der Waals surface area contributed by atoms with Crippen LogP contribution in [0.25, 0.3) is 11.0 Å². The Morgan fingerprint density at radius 3 is 2.16 bits per heavy atom. The number of hydrogen-bond donors (Lipinski definition) is 0. The van der Waals surface area contributed by atoms with Crippen LogP contribution < -0.4 is 14.2 Å². The number of pyridine rings is 1. The van der Waals surface area contributed by atoms with Crippen molar-refractivity contribution in [1.29, 1.82) is 0 Å². The summed E-state index contributed by atoms with van der Waals surface area (Å²) in [6.07, 6.45) is 2.12. The molecule has 194 valence electrons. The third-order valence-corrected chi connectivity index (χ3v) is 6.59. The zero-order valence-corrected chi connectivity index (χ0v) is 20.7. The third-order valence-electron chi connectivity index (χ3n) is 6.59. The van der Waals surface area contributed by atoms with Gasteiger partial charge in [-0.25, -0.2) is 18.7 Å². The largest absolute Gasteiger partial charge is 0.491 e. The summed E-state index contributed by atoms with van der Waals surface area (Å²) in [7, 11) is 2.90. The topological polar surface area (TPSA) is 101 Å². The number of nitrogens with zero attached hydrogens (tertiary/aromatic N) is 3. The van der Waals surface area contributed by atoms with Crippen LogP contribution in [0.15, 0.2) is 54.9 Å². The van der Waals surface area contributed by atoms with Gasteiger partial charge in [0.15, 0.2) is 34.4 Å². The Labute approximate surface area is 216 Å². The zero-order valence-electron chi connectivity index (χ0n) is 20.7. The van der Waals surface area contributed by atoms with Crippen LogP contribution >= 0.6 is 0 Å². The molecule has 2 aromatic carbocycles. The Bertz CT molecular complexity index is 1540. The van der Waals surface area contributed by atoms with Crippen molar-refractivity contribution in [3.05, 3.63) is 77.6 Å². The Morgan fingerprint density at radius 2 is 1.53 bits per heavy atom. The van der Waals surface area contributed by atoms with Crippen LogP contribution in [0.1, 0.15) is 24.0 Å². The van der Waals surface area contributed by atoms with Crippen molar-refractivity contribution in [2.24, 2.45) is 5.41 Å². The minimum Gasteiger partial charge on any atom is -0.491 e. The van der Waals surface area contributed by atoms with Gasteiger partial charge in [0.25, 0.3) is 5.88 Å². The van der Waals surface area contributed by atoms with Gasteiger partial charge < -0.3 is 14.2 Å². The Balaban J connectivity index is 1.31. The molecule has 0 N–H and O–H groups in total. The van der Waals surface area contributed by atoms with E-state index in [9.17, 15) is 18.4 Å². The lowest BCUT2D eigenvalue weighted by molar-refractivity contribution is -0.133. The first kappa shape index (κ1) is 25.2. The number of methoxy groups -OCH3 is 2. The summed E-state index contributed by atoms with van der Waals surface area (Å²) in [6.45, 7) is 0. The minimum absolute atomic E-state index is 0.0157. The molecular formula is C28H23F2N3O5. The molecule has 38 heavy (non-hydrogen) atoms. The SMILES string of the molecule is COc1cc2ncnc(Oc3ccc(CC(=O)C4(C(=O)Cc5ccc(F)cc5)CC4)cc3F)c2nc1OC. The van der Waals surface area contributed by atoms with Gasteiger partial charge in [0.2, 0.25) is 5.88 Å². The Hall–Kier alpha value is -4.47. The van der Waals surface area contributed by atoms with Gasteiger partial charge in [-0.05, 0) is 48.2 Å². The van der Waals surface area contributed by atoms with E-state index >= 15 is 0 Å². The molecule has 0 aliphatic heterocycles. The lowest BCUT2D eigenvalue weighted by atomic mass is 9.88. The fraction of sp³-hybridized carbons (Fsp3) is 0.250. The van der Waals surface area contributed by atoms with Crippen molar-refractivity contribution in [3.8, 4) is 23.3 Å². The average molecular weight is 520 g/mol. The van der Waals surface area contributed by atoms with Gasteiger partial charge in [0, 0.05) is 18.9 Å². The molecule has 1 aliphatic rings. The second kappa shape index (κ2) is 10.1. The van der Waals surface area contributed by atoms with E-state index in [0.29, 0.717) is 35.2 Å². The normalized spacial score (nSPS) is 13.7. The van der Waals surface area contributed by atoms with Gasteiger partial charge in [-0.3, -0.25) is 9.59 Å². The molecule has 8 nitrogen and oxygen atoms in total. The van der Waals surface area contributed by atoms with Crippen molar-refractivity contribution in [2.75, 3.05) is 14.2 Å². The number of hydrogen-bond acceptors (Lipinski definition) is 8. The molecule has 0 spiro atoms. The van der Waals surface area contributed by atoms with E-state index < -0.39 is 17.0 Å². The van der Waals surface area contributed by atoms with Gasteiger partial charge in [-0.1, -0.05) is 18.2 Å². The Kier molecular flexibility index (Phi) is 6.71. The lowest BCUT2D eigenvalue weighted by Gasteiger charge is -2.14. The van der Waals surface area contributed by atoms with Gasteiger partial charge in [0.1, 0.15) is 17.7 Å². The number of Topliss-reactive ketones (excluding diaryl/α,β-unsaturated/α-hetero) is 2. The first-order chi connectivity index (χ1) is 18.3. The molecule has 0 unspecified atom stereocenters. The molecule has 0 amide bonds. The lowest BCUT2D eigenvalue weighted by Crippen LogP contribution is -2.28. The predicted molar refractivity (Wildman–Crippen MR) is 132 cm³/mol. The zero-order chi connectivity index (χ0) is 26.9. The summed E-state index contributed by atoms with van der Waals surface area (Å²) in [5.41, 5.74) is 0.657. The standard InChI is InChI=1S/C28H23F2N3O5/c1-36-22-14-20-25(33-26(22)37-2)27(32-15-31-20)38-21-8-5-17(11-19(21)30)13-24(35)28(9-10-28)23(34)12-16-3-6-18(29)7-4-16/h3-8,11,14-15H,9-10,12-13H2,1-2H3. The van der Waals surface area contributed by atoms with E-state index in [2.05, 4.69) is 15.0 Å². The van der Waals surface area contributed by atoms with Crippen LogP contribution in [0.5, 0.6) is 23.3 Å². The average Bonchev–Trinajstić information content (AvgIpc) is 3.73. The predicted octanol–water partition coefficient (Wildman–Crippen LogP) is 4.82. The molecule has 0 bridgehead atoms. The first-order valence-electron chi connectivity index (χ1n) is 11.8. The number of carbonyl (C=O) groups is 2. The van der Waals surface area contributed by atoms with Crippen molar-refractivity contribution in [1.82, 2.24) is 15.0 Å². The van der Waals surface area contributed by atoms with Crippen molar-refractivity contribution < 1.29 is 32.6 Å². The van der Waals surface area contributed by atoms with Gasteiger partial charge in [-0.15, -0.1) is 0 Å². The highest BCUT2D eigenvalue weighted by Gasteiger charge is 2.54. The Morgan fingerprint density at radius 1 is 0.842 bits per heavy atom. The third kappa shape index (κ3) is 4.89. The van der Waals surface area contributed by atoms with Crippen LogP contribution in [-0.2, 0) is 22.4 Å². The minimum atomic E-state index is -1.06. The highest BCUT2D eigenvalue weighted by Crippen LogP contribution is 2.49. The fourth-order valence-electron chi connectivity index (χ4n) is 4.29. The smallest absolute Gasteiger partial charge is 0.257 e. The highest BCUT2D eigenvalue weighted by atomic mass is 19.1. The summed E-state index contributed by atoms with van der Waals surface area (Å²) in [5.74, 6) is -1.10. The molecule has 2 aromatic heterocycles. The summed E-state index contributed by atoms with van der Waals surface area (Å²) in [6, 6.07) is 11.4. The number of carbonyl (C=O) groups excluding carboxylic acids is 2. The monoisotopic (exact) mass is 519 g/mol. The number of benzene rings is 2. The number of ether oxygens (including phenoxy) is 3. The van der Waals surface area contributed by atoms with E-state index in [4.69, 9.17) is 14.2 Å². The molecule has 1 aliphatic carbocycles. The highest BCUT2D eigenvalue weighted by molar-refractivity contribution is 6.10. The van der Waals surface area contributed by atoms with Gasteiger partial charge >= 0.3 is 0 Å². The second-order valence-electron chi connectivity index (χ2n) is 9.02. The van der Waals surface area contributed by atoms with Crippen LogP contribution in [0.2, 0.25) is 0 Å². The summed E-state index contributed by atoms with van der Waals surface area (Å²) in [5, 5.41) is 0. The summed E-state index contributed by atoms with van der Waals surface area (Å²) < 4.78 is 44.3. The molecule has 1 saturated carbocycles. The molecule has 0 atom stereocenters. The number of halogens is 2. The quantitative estimate of drug-likeness (QED) is 0.275. The number of fused-ring (bicyclic) bond motifs is 1. The van der Waals surface area contributed by atoms with Gasteiger partial charge in [-0.2, -0.15) is 4.98 Å². The van der Waals surface area contributed by atoms with Crippen molar-refractivity contribution >= 4 is 22.6 Å². The molecule has 2 heterocycles. The summed E-state index contributed by atoms with van der Waals surface area (Å²) in [4.78, 5) is 38.5. The number of rotatable bonds is 10. The molecule has 0 saturated heterocycles. The van der Waals surface area contributed by atoms with Crippen LogP contribution in [-0.4, -0.2) is 40.7 Å². The maximum absolute atomic E-state index is 15.0. The first-order valence-corrected chi connectivity index (χ1v) is 11.8. The van der Waals surface area contributed by atoms with E-state index in [1.165, 1.54) is 56.9 Å². The van der Waals surface area contributed by atoms with E-state index in [-0.39, 0.29) is 47.4 Å². The maximum Gasteiger partial charge on any atom is 0.257 e. The van der Waals surface area contributed by atoms with Gasteiger partial charge in [0.05, 0.1) is 19.6 Å². The summed E-state index contributed by atoms with van der Waals surface area (Å²) >= 11 is 0. The van der Waals surface area contributed by atoms with Crippen LogP contribution in [0.3, 0.4) is 0 Å².